The van der Waals surface area contributed by atoms with Gasteiger partial charge in [-0.1, -0.05) is 0 Å². The summed E-state index contributed by atoms with van der Waals surface area (Å²) >= 11 is 0. The highest BCUT2D eigenvalue weighted by Crippen LogP contribution is 2.56. The zero-order chi connectivity index (χ0) is 12.0. The van der Waals surface area contributed by atoms with Crippen molar-refractivity contribution in [1.82, 2.24) is 4.90 Å². The normalized spacial score (nSPS) is 42.8. The minimum Gasteiger partial charge on any atom is -0.344 e. The maximum atomic E-state index is 12.5. The Morgan fingerprint density at radius 3 is 2.12 bits per heavy atom. The first-order valence-electron chi connectivity index (χ1n) is 7.14. The summed E-state index contributed by atoms with van der Waals surface area (Å²) in [4.78, 5) is 14.4. The van der Waals surface area contributed by atoms with Gasteiger partial charge in [0, 0.05) is 26.1 Å². The average molecular weight is 236 g/mol. The zero-order valence-corrected chi connectivity index (χ0v) is 10.8. The topological polar surface area (TPSA) is 46.3 Å². The van der Waals surface area contributed by atoms with Crippen LogP contribution in [0.15, 0.2) is 0 Å². The van der Waals surface area contributed by atoms with E-state index in [4.69, 9.17) is 5.73 Å². The molecule has 4 rings (SSSR count). The van der Waals surface area contributed by atoms with Gasteiger partial charge in [-0.15, -0.1) is 0 Å². The molecule has 3 heteroatoms. The van der Waals surface area contributed by atoms with Gasteiger partial charge < -0.3 is 10.6 Å². The number of rotatable bonds is 3. The van der Waals surface area contributed by atoms with Crippen molar-refractivity contribution in [1.29, 1.82) is 0 Å². The Kier molecular flexibility index (Phi) is 2.89. The number of likely N-dealkylation sites (N-methyl/N-ethyl adjacent to an activating group) is 1. The number of carbonyl (C=O) groups is 1. The molecule has 0 radical (unpaired) electrons. The fraction of sp³-hybridized carbons (Fsp3) is 0.929. The molecule has 0 spiro atoms. The van der Waals surface area contributed by atoms with Gasteiger partial charge in [0.25, 0.3) is 0 Å². The fourth-order valence-corrected chi connectivity index (χ4v) is 4.89. The zero-order valence-electron chi connectivity index (χ0n) is 10.8. The van der Waals surface area contributed by atoms with Gasteiger partial charge in [0.15, 0.2) is 0 Å². The molecule has 0 aromatic carbocycles. The van der Waals surface area contributed by atoms with Gasteiger partial charge in [0.2, 0.25) is 5.91 Å². The summed E-state index contributed by atoms with van der Waals surface area (Å²) in [6.45, 7) is 1.29. The first-order valence-corrected chi connectivity index (χ1v) is 7.14. The molecular weight excluding hydrogens is 212 g/mol. The van der Waals surface area contributed by atoms with E-state index in [0.717, 1.165) is 11.8 Å². The third-order valence-corrected chi connectivity index (χ3v) is 5.35. The highest BCUT2D eigenvalue weighted by atomic mass is 16.2. The van der Waals surface area contributed by atoms with Crippen LogP contribution in [0.5, 0.6) is 0 Å². The number of nitrogens with two attached hydrogens (primary N) is 1. The number of nitrogens with zero attached hydrogens (tertiary/aromatic N) is 1. The molecule has 0 heterocycles. The maximum absolute atomic E-state index is 12.5. The lowest BCUT2D eigenvalue weighted by molar-refractivity contribution is -0.147. The Bertz CT molecular complexity index is 287. The molecule has 3 nitrogen and oxygen atoms in total. The third kappa shape index (κ3) is 1.88. The second kappa shape index (κ2) is 4.27. The van der Waals surface area contributed by atoms with Crippen molar-refractivity contribution >= 4 is 5.91 Å². The number of hydrogen-bond donors (Lipinski definition) is 1. The molecule has 0 aromatic rings. The quantitative estimate of drug-likeness (QED) is 0.806. The van der Waals surface area contributed by atoms with Crippen LogP contribution in [0.3, 0.4) is 0 Å². The van der Waals surface area contributed by atoms with Crippen LogP contribution in [0, 0.1) is 29.6 Å². The van der Waals surface area contributed by atoms with Gasteiger partial charge in [-0.3, -0.25) is 4.79 Å². The van der Waals surface area contributed by atoms with Crippen LogP contribution < -0.4 is 5.73 Å². The van der Waals surface area contributed by atoms with Crippen LogP contribution >= 0.6 is 0 Å². The predicted molar refractivity (Wildman–Crippen MR) is 67.2 cm³/mol. The van der Waals surface area contributed by atoms with E-state index in [1.54, 1.807) is 0 Å². The molecule has 1 amide bonds. The molecule has 0 aromatic heterocycles. The van der Waals surface area contributed by atoms with Crippen molar-refractivity contribution in [2.24, 2.45) is 35.3 Å². The number of carbonyl (C=O) groups excluding carboxylic acids is 1. The van der Waals surface area contributed by atoms with Crippen molar-refractivity contribution in [3.63, 3.8) is 0 Å². The van der Waals surface area contributed by atoms with Crippen molar-refractivity contribution in [2.75, 3.05) is 20.1 Å². The van der Waals surface area contributed by atoms with E-state index < -0.39 is 0 Å². The van der Waals surface area contributed by atoms with E-state index in [1.165, 1.54) is 32.1 Å². The molecule has 4 fully saturated rings. The summed E-state index contributed by atoms with van der Waals surface area (Å²) in [5.74, 6) is 3.99. The lowest BCUT2D eigenvalue weighted by atomic mass is 9.51. The highest BCUT2D eigenvalue weighted by Gasteiger charge is 2.51. The van der Waals surface area contributed by atoms with E-state index in [0.29, 0.717) is 36.8 Å². The molecule has 2 N–H and O–H groups in total. The first-order chi connectivity index (χ1) is 8.19. The van der Waals surface area contributed by atoms with Crippen LogP contribution in [0.4, 0.5) is 0 Å². The first kappa shape index (κ1) is 11.5. The van der Waals surface area contributed by atoms with Crippen LogP contribution in [0.1, 0.15) is 32.1 Å². The Hall–Kier alpha value is -0.570. The maximum Gasteiger partial charge on any atom is 0.226 e. The Morgan fingerprint density at radius 1 is 1.12 bits per heavy atom. The molecule has 4 bridgehead atoms. The minimum absolute atomic E-state index is 0.333. The molecule has 0 unspecified atom stereocenters. The van der Waals surface area contributed by atoms with E-state index in [1.807, 2.05) is 11.9 Å². The minimum atomic E-state index is 0.333. The summed E-state index contributed by atoms with van der Waals surface area (Å²) in [6.07, 6.45) is 6.73. The van der Waals surface area contributed by atoms with Gasteiger partial charge >= 0.3 is 0 Å². The molecule has 4 aliphatic rings. The van der Waals surface area contributed by atoms with Gasteiger partial charge in [0.05, 0.1) is 0 Å². The van der Waals surface area contributed by atoms with Gasteiger partial charge in [-0.2, -0.15) is 0 Å². The lowest BCUT2D eigenvalue weighted by Crippen LogP contribution is -2.51. The summed E-state index contributed by atoms with van der Waals surface area (Å²) in [7, 11) is 1.92. The SMILES string of the molecule is CN(CCN)C(=O)C1C2CC3CC(C2)CC1C3. The summed E-state index contributed by atoms with van der Waals surface area (Å²) in [5.41, 5.74) is 5.55. The Balaban J connectivity index is 1.73. The monoisotopic (exact) mass is 236 g/mol. The molecular formula is C14H24N2O. The van der Waals surface area contributed by atoms with Crippen molar-refractivity contribution < 1.29 is 4.79 Å². The smallest absolute Gasteiger partial charge is 0.226 e. The van der Waals surface area contributed by atoms with Gasteiger partial charge in [0.1, 0.15) is 0 Å². The number of amides is 1. The van der Waals surface area contributed by atoms with Crippen molar-refractivity contribution in [3.8, 4) is 0 Å². The molecule has 0 aliphatic heterocycles. The second-order valence-corrected chi connectivity index (χ2v) is 6.50. The third-order valence-electron chi connectivity index (χ3n) is 5.35. The van der Waals surface area contributed by atoms with E-state index in [2.05, 4.69) is 0 Å². The molecule has 0 saturated heterocycles. The molecule has 4 saturated carbocycles. The van der Waals surface area contributed by atoms with Crippen LogP contribution in [0.2, 0.25) is 0 Å². The Labute approximate surface area is 104 Å². The summed E-state index contributed by atoms with van der Waals surface area (Å²) < 4.78 is 0. The van der Waals surface area contributed by atoms with Crippen molar-refractivity contribution in [3.05, 3.63) is 0 Å². The van der Waals surface area contributed by atoms with E-state index in [-0.39, 0.29) is 0 Å². The largest absolute Gasteiger partial charge is 0.344 e. The lowest BCUT2D eigenvalue weighted by Gasteiger charge is -2.54. The van der Waals surface area contributed by atoms with E-state index in [9.17, 15) is 4.79 Å². The van der Waals surface area contributed by atoms with Gasteiger partial charge in [-0.25, -0.2) is 0 Å². The highest BCUT2D eigenvalue weighted by molar-refractivity contribution is 5.79. The van der Waals surface area contributed by atoms with Crippen LogP contribution in [0.25, 0.3) is 0 Å². The number of hydrogen-bond acceptors (Lipinski definition) is 2. The van der Waals surface area contributed by atoms with Gasteiger partial charge in [-0.05, 0) is 55.8 Å². The predicted octanol–water partition coefficient (Wildman–Crippen LogP) is 1.48. The molecule has 96 valence electrons. The van der Waals surface area contributed by atoms with Crippen LogP contribution in [-0.2, 0) is 4.79 Å². The van der Waals surface area contributed by atoms with Crippen molar-refractivity contribution in [2.45, 2.75) is 32.1 Å². The van der Waals surface area contributed by atoms with E-state index >= 15 is 0 Å². The summed E-state index contributed by atoms with van der Waals surface area (Å²) in [5, 5.41) is 0. The fourth-order valence-electron chi connectivity index (χ4n) is 4.89. The average Bonchev–Trinajstić information content (AvgIpc) is 2.27. The summed E-state index contributed by atoms with van der Waals surface area (Å²) in [6, 6.07) is 0. The Morgan fingerprint density at radius 2 is 1.65 bits per heavy atom. The van der Waals surface area contributed by atoms with Crippen LogP contribution in [-0.4, -0.2) is 30.9 Å². The molecule has 17 heavy (non-hydrogen) atoms. The second-order valence-electron chi connectivity index (χ2n) is 6.50. The molecule has 4 aliphatic carbocycles. The molecule has 0 atom stereocenters. The standard InChI is InChI=1S/C14H24N2O/c1-16(3-2-15)14(17)13-11-5-9-4-10(7-11)8-12(13)6-9/h9-13H,2-8,15H2,1H3.